The van der Waals surface area contributed by atoms with Crippen LogP contribution in [0.5, 0.6) is 0 Å². The second-order valence-corrected chi connectivity index (χ2v) is 13.1. The van der Waals surface area contributed by atoms with E-state index in [0.717, 1.165) is 5.56 Å². The second kappa shape index (κ2) is 14.5. The molecule has 0 fully saturated rings. The third-order valence-corrected chi connectivity index (χ3v) is 6.14. The van der Waals surface area contributed by atoms with E-state index < -0.39 is 23.4 Å². The van der Waals surface area contributed by atoms with Crippen LogP contribution in [0.4, 0.5) is 32.6 Å². The SMILES string of the molecule is CC(C)(C)OC(=O)Nc1cnc2ccc(Cl)nc2c1.CC(C)c1cnnc(Nc2ccc3ncc(NC(=O)OC(C)(C)C)cc3n2)c1. The van der Waals surface area contributed by atoms with E-state index in [1.807, 2.05) is 39.0 Å². The van der Waals surface area contributed by atoms with Crippen molar-refractivity contribution in [2.75, 3.05) is 16.0 Å². The maximum atomic E-state index is 12.0. The number of nitrogens with one attached hydrogen (secondary N) is 3. The van der Waals surface area contributed by atoms with Gasteiger partial charge in [0, 0.05) is 0 Å². The predicted molar refractivity (Wildman–Crippen MR) is 183 cm³/mol. The summed E-state index contributed by atoms with van der Waals surface area (Å²) in [6, 6.07) is 12.5. The minimum atomic E-state index is -0.574. The first kappa shape index (κ1) is 34.7. The quantitative estimate of drug-likeness (QED) is 0.155. The van der Waals surface area contributed by atoms with E-state index in [0.29, 0.717) is 56.1 Å². The van der Waals surface area contributed by atoms with Crippen LogP contribution in [-0.2, 0) is 9.47 Å². The van der Waals surface area contributed by atoms with Crippen molar-refractivity contribution in [2.45, 2.75) is 72.5 Å². The highest BCUT2D eigenvalue weighted by Gasteiger charge is 2.17. The second-order valence-electron chi connectivity index (χ2n) is 12.8. The van der Waals surface area contributed by atoms with Gasteiger partial charge in [-0.1, -0.05) is 25.4 Å². The Kier molecular flexibility index (Phi) is 10.7. The Hall–Kier alpha value is -5.17. The van der Waals surface area contributed by atoms with Crippen LogP contribution in [0.2, 0.25) is 5.15 Å². The summed E-state index contributed by atoms with van der Waals surface area (Å²) in [7, 11) is 0. The molecule has 0 aliphatic heterocycles. The molecule has 0 aromatic carbocycles. The Bertz CT molecular complexity index is 1890. The maximum absolute atomic E-state index is 12.0. The molecule has 0 radical (unpaired) electrons. The first-order chi connectivity index (χ1) is 22.0. The van der Waals surface area contributed by atoms with Crippen LogP contribution in [0.3, 0.4) is 0 Å². The van der Waals surface area contributed by atoms with Crippen molar-refractivity contribution >= 4 is 68.9 Å². The van der Waals surface area contributed by atoms with Gasteiger partial charge in [-0.15, -0.1) is 5.10 Å². The Balaban J connectivity index is 0.000000229. The third kappa shape index (κ3) is 11.0. The molecule has 47 heavy (non-hydrogen) atoms. The van der Waals surface area contributed by atoms with Crippen LogP contribution in [0, 0.1) is 0 Å². The Morgan fingerprint density at radius 2 is 1.23 bits per heavy atom. The van der Waals surface area contributed by atoms with Crippen molar-refractivity contribution < 1.29 is 19.1 Å². The molecule has 0 atom stereocenters. The standard InChI is InChI=1S/C20H24N6O2.C13H14ClN3O2/c1-12(2)13-8-18(26-22-10-13)25-17-7-6-15-16(24-17)9-14(11-21-15)23-19(27)28-20(3,4)5;1-13(2,3)19-12(18)16-8-6-10-9(15-7-8)4-5-11(14)17-10/h6-12H,1-5H3,(H,23,27)(H,24,25,26);4-7H,1-3H3,(H,16,18). The molecule has 0 aliphatic carbocycles. The van der Waals surface area contributed by atoms with Gasteiger partial charge in [-0.25, -0.2) is 19.6 Å². The summed E-state index contributed by atoms with van der Waals surface area (Å²) < 4.78 is 10.4. The van der Waals surface area contributed by atoms with Crippen LogP contribution in [0.15, 0.2) is 61.1 Å². The number of aromatic nitrogens is 6. The van der Waals surface area contributed by atoms with Gasteiger partial charge in [0.15, 0.2) is 5.82 Å². The minimum Gasteiger partial charge on any atom is -0.444 e. The van der Waals surface area contributed by atoms with E-state index in [2.05, 4.69) is 59.9 Å². The molecule has 5 rings (SSSR count). The Morgan fingerprint density at radius 1 is 0.702 bits per heavy atom. The number of amides is 2. The normalized spacial score (nSPS) is 11.4. The lowest BCUT2D eigenvalue weighted by molar-refractivity contribution is 0.0624. The highest BCUT2D eigenvalue weighted by molar-refractivity contribution is 6.29. The average molecular weight is 660 g/mol. The van der Waals surface area contributed by atoms with Gasteiger partial charge >= 0.3 is 12.2 Å². The fourth-order valence-corrected chi connectivity index (χ4v) is 4.08. The average Bonchev–Trinajstić information content (AvgIpc) is 2.95. The monoisotopic (exact) mass is 659 g/mol. The van der Waals surface area contributed by atoms with Crippen LogP contribution in [-0.4, -0.2) is 53.5 Å². The number of carbonyl (C=O) groups is 2. The first-order valence-electron chi connectivity index (χ1n) is 14.8. The number of nitrogens with zero attached hydrogens (tertiary/aromatic N) is 6. The topological polar surface area (TPSA) is 166 Å². The number of hydrogen-bond acceptors (Lipinski definition) is 11. The summed E-state index contributed by atoms with van der Waals surface area (Å²) in [5.74, 6) is 1.58. The zero-order chi connectivity index (χ0) is 34.4. The molecule has 0 saturated heterocycles. The fourth-order valence-electron chi connectivity index (χ4n) is 3.93. The molecule has 0 unspecified atom stereocenters. The molecule has 13 nitrogen and oxygen atoms in total. The molecule has 2 amide bonds. The molecule has 0 spiro atoms. The zero-order valence-electron chi connectivity index (χ0n) is 27.5. The van der Waals surface area contributed by atoms with Gasteiger partial charge in [0.2, 0.25) is 0 Å². The van der Waals surface area contributed by atoms with E-state index in [4.69, 9.17) is 21.1 Å². The highest BCUT2D eigenvalue weighted by atomic mass is 35.5. The molecule has 0 saturated carbocycles. The van der Waals surface area contributed by atoms with Gasteiger partial charge in [-0.3, -0.25) is 20.6 Å². The first-order valence-corrected chi connectivity index (χ1v) is 15.2. The smallest absolute Gasteiger partial charge is 0.412 e. The van der Waals surface area contributed by atoms with Crippen LogP contribution in [0.1, 0.15) is 66.9 Å². The van der Waals surface area contributed by atoms with Crippen molar-refractivity contribution in [1.82, 2.24) is 30.1 Å². The summed E-state index contributed by atoms with van der Waals surface area (Å²) >= 11 is 5.81. The number of rotatable bonds is 5. The third-order valence-electron chi connectivity index (χ3n) is 5.93. The number of anilines is 4. The number of carbonyl (C=O) groups excluding carboxylic acids is 2. The summed E-state index contributed by atoms with van der Waals surface area (Å²) in [6.45, 7) is 15.0. The fraction of sp³-hybridized carbons (Fsp3) is 0.333. The summed E-state index contributed by atoms with van der Waals surface area (Å²) in [5.41, 5.74) is 3.65. The van der Waals surface area contributed by atoms with Crippen LogP contribution < -0.4 is 16.0 Å². The van der Waals surface area contributed by atoms with E-state index >= 15 is 0 Å². The number of fused-ring (bicyclic) bond motifs is 2. The van der Waals surface area contributed by atoms with E-state index in [1.165, 1.54) is 0 Å². The van der Waals surface area contributed by atoms with Crippen molar-refractivity contribution in [3.8, 4) is 0 Å². The molecule has 246 valence electrons. The molecule has 5 heterocycles. The Labute approximate surface area is 277 Å². The van der Waals surface area contributed by atoms with Gasteiger partial charge in [0.1, 0.15) is 22.2 Å². The van der Waals surface area contributed by atoms with Gasteiger partial charge in [0.05, 0.1) is 52.0 Å². The Morgan fingerprint density at radius 3 is 1.77 bits per heavy atom. The van der Waals surface area contributed by atoms with Gasteiger partial charge in [-0.05, 0) is 95.5 Å². The van der Waals surface area contributed by atoms with Crippen LogP contribution >= 0.6 is 11.6 Å². The number of hydrogen-bond donors (Lipinski definition) is 3. The maximum Gasteiger partial charge on any atom is 0.412 e. The number of ether oxygens (including phenoxy) is 2. The van der Waals surface area contributed by atoms with Gasteiger partial charge in [-0.2, -0.15) is 5.10 Å². The number of pyridine rings is 4. The molecular weight excluding hydrogens is 622 g/mol. The lowest BCUT2D eigenvalue weighted by atomic mass is 10.1. The molecule has 5 aromatic rings. The molecule has 14 heteroatoms. The molecule has 3 N–H and O–H groups in total. The summed E-state index contributed by atoms with van der Waals surface area (Å²) in [4.78, 5) is 40.8. The molecule has 5 aromatic heterocycles. The van der Waals surface area contributed by atoms with Gasteiger partial charge < -0.3 is 14.8 Å². The lowest BCUT2D eigenvalue weighted by Crippen LogP contribution is -2.27. The zero-order valence-corrected chi connectivity index (χ0v) is 28.3. The van der Waals surface area contributed by atoms with E-state index in [-0.39, 0.29) is 0 Å². The minimum absolute atomic E-state index is 0.353. The predicted octanol–water partition coefficient (Wildman–Crippen LogP) is 8.26. The summed E-state index contributed by atoms with van der Waals surface area (Å²) in [6.07, 6.45) is 3.79. The molecule has 0 aliphatic rings. The molecular formula is C33H38ClN9O4. The van der Waals surface area contributed by atoms with Crippen molar-refractivity contribution in [1.29, 1.82) is 0 Å². The van der Waals surface area contributed by atoms with Crippen LogP contribution in [0.25, 0.3) is 22.1 Å². The largest absolute Gasteiger partial charge is 0.444 e. The van der Waals surface area contributed by atoms with Crippen molar-refractivity contribution in [3.63, 3.8) is 0 Å². The van der Waals surface area contributed by atoms with Gasteiger partial charge in [0.25, 0.3) is 0 Å². The number of halogens is 1. The summed E-state index contributed by atoms with van der Waals surface area (Å²) in [5, 5.41) is 16.9. The van der Waals surface area contributed by atoms with E-state index in [1.54, 1.807) is 63.6 Å². The van der Waals surface area contributed by atoms with Crippen molar-refractivity contribution in [3.05, 3.63) is 71.8 Å². The van der Waals surface area contributed by atoms with Crippen molar-refractivity contribution in [2.24, 2.45) is 0 Å². The highest BCUT2D eigenvalue weighted by Crippen LogP contribution is 2.22. The lowest BCUT2D eigenvalue weighted by Gasteiger charge is -2.19. The molecule has 0 bridgehead atoms. The van der Waals surface area contributed by atoms with E-state index in [9.17, 15) is 9.59 Å².